The van der Waals surface area contributed by atoms with Crippen LogP contribution >= 0.6 is 0 Å². The first kappa shape index (κ1) is 24.9. The highest BCUT2D eigenvalue weighted by atomic mass is 79.9. The molecule has 4 N–H and O–H groups in total. The van der Waals surface area contributed by atoms with Crippen molar-refractivity contribution in [3.8, 4) is 0 Å². The molecule has 6 heteroatoms. The van der Waals surface area contributed by atoms with Crippen molar-refractivity contribution in [3.63, 3.8) is 0 Å². The van der Waals surface area contributed by atoms with E-state index in [1.54, 1.807) is 0 Å². The van der Waals surface area contributed by atoms with Gasteiger partial charge in [0.1, 0.15) is 0 Å². The predicted octanol–water partition coefficient (Wildman–Crippen LogP) is -2.91. The summed E-state index contributed by atoms with van der Waals surface area (Å²) in [6.07, 6.45) is 11.7. The number of unbranched alkanes of at least 4 members (excludes halogenated alkanes) is 5. The second kappa shape index (κ2) is 13.1. The number of hydrogen-bond acceptors (Lipinski definition) is 2. The van der Waals surface area contributed by atoms with Gasteiger partial charge in [-0.1, -0.05) is 12.8 Å². The monoisotopic (exact) mass is 486 g/mol. The molecule has 26 heavy (non-hydrogen) atoms. The molecule has 146 valence electrons. The summed E-state index contributed by atoms with van der Waals surface area (Å²) in [6.45, 7) is 6.18. The SMILES string of the molecule is Cc1cc[n+](CCCCCCCC[n+]2ccc(C)cc2N)c(N)c1.[Br-].[Br-]. The lowest BCUT2D eigenvalue weighted by atomic mass is 10.1. The van der Waals surface area contributed by atoms with Gasteiger partial charge in [-0.25, -0.2) is 9.13 Å². The number of rotatable bonds is 9. The molecule has 0 atom stereocenters. The second-order valence-corrected chi connectivity index (χ2v) is 6.77. The molecule has 0 spiro atoms. The molecule has 0 radical (unpaired) electrons. The Labute approximate surface area is 179 Å². The van der Waals surface area contributed by atoms with E-state index in [1.165, 1.54) is 49.7 Å². The summed E-state index contributed by atoms with van der Waals surface area (Å²) in [5, 5.41) is 0. The Morgan fingerprint density at radius 2 is 1.00 bits per heavy atom. The van der Waals surface area contributed by atoms with E-state index in [-0.39, 0.29) is 34.0 Å². The van der Waals surface area contributed by atoms with Crippen LogP contribution < -0.4 is 54.6 Å². The summed E-state index contributed by atoms with van der Waals surface area (Å²) < 4.78 is 4.29. The third kappa shape index (κ3) is 8.49. The lowest BCUT2D eigenvalue weighted by Gasteiger charge is -2.05. The minimum atomic E-state index is 0. The van der Waals surface area contributed by atoms with Gasteiger partial charge in [0.2, 0.25) is 0 Å². The van der Waals surface area contributed by atoms with Gasteiger partial charge in [-0.15, -0.1) is 0 Å². The first-order valence-electron chi connectivity index (χ1n) is 9.07. The molecule has 0 aliphatic heterocycles. The van der Waals surface area contributed by atoms with Gasteiger partial charge in [0, 0.05) is 12.1 Å². The van der Waals surface area contributed by atoms with Gasteiger partial charge >= 0.3 is 0 Å². The Morgan fingerprint density at radius 1 is 0.654 bits per heavy atom. The number of halogens is 2. The van der Waals surface area contributed by atoms with Crippen molar-refractivity contribution in [2.75, 3.05) is 11.5 Å². The number of nitrogen functional groups attached to an aromatic ring is 2. The molecule has 0 bridgehead atoms. The average Bonchev–Trinajstić information content (AvgIpc) is 2.53. The Morgan fingerprint density at radius 3 is 1.35 bits per heavy atom. The molecule has 2 rings (SSSR count). The number of anilines is 2. The van der Waals surface area contributed by atoms with Gasteiger partial charge in [-0.2, -0.15) is 0 Å². The first-order valence-corrected chi connectivity index (χ1v) is 9.07. The molecular weight excluding hydrogens is 456 g/mol. The Balaban J connectivity index is 0.00000312. The topological polar surface area (TPSA) is 59.8 Å². The van der Waals surface area contributed by atoms with Gasteiger partial charge in [0.15, 0.2) is 0 Å². The molecule has 2 heterocycles. The van der Waals surface area contributed by atoms with Crippen molar-refractivity contribution in [2.45, 2.75) is 65.5 Å². The van der Waals surface area contributed by atoms with Crippen LogP contribution in [0, 0.1) is 13.8 Å². The van der Waals surface area contributed by atoms with Gasteiger partial charge in [0.25, 0.3) is 11.6 Å². The van der Waals surface area contributed by atoms with E-state index in [2.05, 4.69) is 47.5 Å². The first-order chi connectivity index (χ1) is 11.6. The Kier molecular flexibility index (Phi) is 12.5. The fourth-order valence-electron chi connectivity index (χ4n) is 2.99. The molecule has 0 unspecified atom stereocenters. The number of hydrogen-bond donors (Lipinski definition) is 2. The fraction of sp³-hybridized carbons (Fsp3) is 0.500. The third-order valence-electron chi connectivity index (χ3n) is 4.50. The molecule has 0 aliphatic carbocycles. The van der Waals surface area contributed by atoms with E-state index in [9.17, 15) is 0 Å². The summed E-state index contributed by atoms with van der Waals surface area (Å²) in [5.74, 6) is 1.73. The van der Waals surface area contributed by atoms with Crippen LogP contribution in [-0.4, -0.2) is 0 Å². The molecule has 2 aromatic heterocycles. The van der Waals surface area contributed by atoms with Crippen LogP contribution in [0.5, 0.6) is 0 Å². The van der Waals surface area contributed by atoms with Crippen LogP contribution in [0.1, 0.15) is 49.7 Å². The summed E-state index contributed by atoms with van der Waals surface area (Å²) >= 11 is 0. The van der Waals surface area contributed by atoms with Crippen molar-refractivity contribution in [2.24, 2.45) is 0 Å². The van der Waals surface area contributed by atoms with Crippen LogP contribution in [-0.2, 0) is 13.1 Å². The number of nitrogens with two attached hydrogens (primary N) is 2. The minimum absolute atomic E-state index is 0. The highest BCUT2D eigenvalue weighted by Gasteiger charge is 2.05. The zero-order chi connectivity index (χ0) is 17.4. The van der Waals surface area contributed by atoms with Gasteiger partial charge < -0.3 is 34.0 Å². The number of aromatic nitrogens is 2. The molecule has 2 aromatic rings. The number of nitrogens with zero attached hydrogens (tertiary/aromatic N) is 2. The molecule has 0 aliphatic rings. The second-order valence-electron chi connectivity index (χ2n) is 6.77. The normalized spacial score (nSPS) is 10.1. The van der Waals surface area contributed by atoms with E-state index in [1.807, 2.05) is 12.1 Å². The predicted molar refractivity (Wildman–Crippen MR) is 99.3 cm³/mol. The average molecular weight is 488 g/mol. The van der Waals surface area contributed by atoms with Gasteiger partial charge in [-0.05, 0) is 62.8 Å². The van der Waals surface area contributed by atoms with Crippen molar-refractivity contribution in [1.82, 2.24) is 0 Å². The van der Waals surface area contributed by atoms with Crippen LogP contribution in [0.2, 0.25) is 0 Å². The summed E-state index contributed by atoms with van der Waals surface area (Å²) in [7, 11) is 0. The highest BCUT2D eigenvalue weighted by Crippen LogP contribution is 2.07. The van der Waals surface area contributed by atoms with E-state index in [0.717, 1.165) is 24.7 Å². The largest absolute Gasteiger partial charge is 1.00 e. The zero-order valence-corrected chi connectivity index (χ0v) is 19.1. The van der Waals surface area contributed by atoms with Crippen LogP contribution in [0.15, 0.2) is 36.7 Å². The quantitative estimate of drug-likeness (QED) is 0.294. The van der Waals surface area contributed by atoms with Crippen molar-refractivity contribution >= 4 is 11.6 Å². The zero-order valence-electron chi connectivity index (χ0n) is 15.9. The molecule has 4 nitrogen and oxygen atoms in total. The Bertz CT molecular complexity index is 605. The maximum absolute atomic E-state index is 6.03. The van der Waals surface area contributed by atoms with E-state index >= 15 is 0 Å². The van der Waals surface area contributed by atoms with E-state index in [0.29, 0.717) is 0 Å². The van der Waals surface area contributed by atoms with Crippen molar-refractivity contribution in [1.29, 1.82) is 0 Å². The fourth-order valence-corrected chi connectivity index (χ4v) is 2.99. The third-order valence-corrected chi connectivity index (χ3v) is 4.50. The van der Waals surface area contributed by atoms with E-state index < -0.39 is 0 Å². The lowest BCUT2D eigenvalue weighted by molar-refractivity contribution is -0.683. The maximum atomic E-state index is 6.03. The van der Waals surface area contributed by atoms with Crippen LogP contribution in [0.4, 0.5) is 11.6 Å². The van der Waals surface area contributed by atoms with Crippen LogP contribution in [0.25, 0.3) is 0 Å². The number of aryl methyl sites for hydroxylation is 4. The highest BCUT2D eigenvalue weighted by molar-refractivity contribution is 5.25. The van der Waals surface area contributed by atoms with Crippen LogP contribution in [0.3, 0.4) is 0 Å². The smallest absolute Gasteiger partial charge is 0.272 e. The summed E-state index contributed by atoms with van der Waals surface area (Å²) in [5.41, 5.74) is 14.5. The number of pyridine rings is 2. The van der Waals surface area contributed by atoms with Crippen molar-refractivity contribution < 1.29 is 43.1 Å². The Hall–Kier alpha value is -1.14. The van der Waals surface area contributed by atoms with Gasteiger partial charge in [0.05, 0.1) is 25.5 Å². The molecule has 0 fully saturated rings. The maximum Gasteiger partial charge on any atom is 0.272 e. The van der Waals surface area contributed by atoms with Crippen molar-refractivity contribution in [3.05, 3.63) is 47.8 Å². The minimum Gasteiger partial charge on any atom is -1.00 e. The molecule has 0 amide bonds. The molecule has 0 saturated heterocycles. The molecule has 0 saturated carbocycles. The lowest BCUT2D eigenvalue weighted by Crippen LogP contribution is -3.00. The van der Waals surface area contributed by atoms with Gasteiger partial charge in [-0.3, -0.25) is 11.5 Å². The summed E-state index contributed by atoms with van der Waals surface area (Å²) in [4.78, 5) is 0. The molecular formula is C20H32Br2N4. The van der Waals surface area contributed by atoms with E-state index in [4.69, 9.17) is 11.5 Å². The summed E-state index contributed by atoms with van der Waals surface area (Å²) in [6, 6.07) is 8.30. The standard InChI is InChI=1S/C20H30N4.2BrH/c1-17-9-13-23(19(21)15-17)11-7-5-3-4-6-8-12-24-14-10-18(2)16-20(24)22;;/h9-10,13-16,21-22H,3-8,11-12H2,1-2H3;2*1H. The molecule has 0 aromatic carbocycles.